The van der Waals surface area contributed by atoms with Gasteiger partial charge in [-0.3, -0.25) is 9.67 Å². The molecule has 1 aliphatic carbocycles. The first-order valence-electron chi connectivity index (χ1n) is 8.71. The third-order valence-electron chi connectivity index (χ3n) is 4.52. The maximum atomic E-state index is 11.9. The van der Waals surface area contributed by atoms with E-state index in [9.17, 15) is 10.1 Å². The Morgan fingerprint density at radius 3 is 2.96 bits per heavy atom. The first-order valence-corrected chi connectivity index (χ1v) is 8.71. The van der Waals surface area contributed by atoms with Gasteiger partial charge < -0.3 is 4.74 Å². The monoisotopic (exact) mass is 346 g/mol. The summed E-state index contributed by atoms with van der Waals surface area (Å²) in [6.07, 6.45) is 6.03. The van der Waals surface area contributed by atoms with Gasteiger partial charge in [-0.25, -0.2) is 4.79 Å². The van der Waals surface area contributed by atoms with Crippen molar-refractivity contribution in [2.75, 3.05) is 6.61 Å². The highest BCUT2D eigenvalue weighted by Gasteiger charge is 2.24. The number of aromatic nitrogens is 3. The molecule has 130 valence electrons. The SMILES string of the molecule is CCOC(=O)c1cn(Cc2ccc3ncc(C4CC4)cc3c2)nc1C#N. The van der Waals surface area contributed by atoms with Crippen LogP contribution in [0.3, 0.4) is 0 Å². The lowest BCUT2D eigenvalue weighted by Crippen LogP contribution is -2.05. The maximum absolute atomic E-state index is 11.9. The van der Waals surface area contributed by atoms with Crippen molar-refractivity contribution in [1.82, 2.24) is 14.8 Å². The molecule has 0 unspecified atom stereocenters. The van der Waals surface area contributed by atoms with Gasteiger partial charge in [0.05, 0.1) is 18.7 Å². The molecule has 0 aliphatic heterocycles. The van der Waals surface area contributed by atoms with Crippen LogP contribution in [-0.4, -0.2) is 27.3 Å². The first-order chi connectivity index (χ1) is 12.7. The van der Waals surface area contributed by atoms with Gasteiger partial charge in [0.25, 0.3) is 0 Å². The standard InChI is InChI=1S/C20H18N4O2/c1-2-26-20(25)17-12-24(23-19(17)9-21)11-13-3-6-18-15(7-13)8-16(10-22-18)14-4-5-14/h3,6-8,10,12,14H,2,4-5,11H2,1H3. The van der Waals surface area contributed by atoms with Crippen LogP contribution in [-0.2, 0) is 11.3 Å². The fourth-order valence-electron chi connectivity index (χ4n) is 3.07. The largest absolute Gasteiger partial charge is 0.462 e. The minimum atomic E-state index is -0.521. The molecule has 0 spiro atoms. The predicted octanol–water partition coefficient (Wildman–Crippen LogP) is 3.41. The van der Waals surface area contributed by atoms with Crippen molar-refractivity contribution < 1.29 is 9.53 Å². The summed E-state index contributed by atoms with van der Waals surface area (Å²) >= 11 is 0. The van der Waals surface area contributed by atoms with Crippen LogP contribution in [0, 0.1) is 11.3 Å². The van der Waals surface area contributed by atoms with Crippen LogP contribution in [0.5, 0.6) is 0 Å². The van der Waals surface area contributed by atoms with Gasteiger partial charge in [0, 0.05) is 17.8 Å². The van der Waals surface area contributed by atoms with Crippen LogP contribution >= 0.6 is 0 Å². The number of hydrogen-bond acceptors (Lipinski definition) is 5. The lowest BCUT2D eigenvalue weighted by Gasteiger charge is -2.06. The number of nitriles is 1. The summed E-state index contributed by atoms with van der Waals surface area (Å²) in [5.74, 6) is 0.138. The second-order valence-electron chi connectivity index (χ2n) is 6.49. The van der Waals surface area contributed by atoms with E-state index in [4.69, 9.17) is 4.74 Å². The number of ether oxygens (including phenoxy) is 1. The second kappa shape index (κ2) is 6.60. The van der Waals surface area contributed by atoms with Gasteiger partial charge in [-0.1, -0.05) is 6.07 Å². The van der Waals surface area contributed by atoms with E-state index in [0.29, 0.717) is 12.5 Å². The van der Waals surface area contributed by atoms with Gasteiger partial charge in [0.15, 0.2) is 5.69 Å². The Morgan fingerprint density at radius 1 is 1.38 bits per heavy atom. The van der Waals surface area contributed by atoms with E-state index in [1.54, 1.807) is 17.8 Å². The minimum absolute atomic E-state index is 0.0851. The molecule has 0 bridgehead atoms. The van der Waals surface area contributed by atoms with Gasteiger partial charge >= 0.3 is 5.97 Å². The van der Waals surface area contributed by atoms with Crippen LogP contribution in [0.2, 0.25) is 0 Å². The Kier molecular flexibility index (Phi) is 4.13. The third kappa shape index (κ3) is 3.16. The summed E-state index contributed by atoms with van der Waals surface area (Å²) in [5, 5.41) is 14.5. The number of esters is 1. The number of pyridine rings is 1. The summed E-state index contributed by atoms with van der Waals surface area (Å²) in [7, 11) is 0. The number of nitrogens with zero attached hydrogens (tertiary/aromatic N) is 4. The first kappa shape index (κ1) is 16.3. The average Bonchev–Trinajstić information content (AvgIpc) is 3.42. The molecule has 0 amide bonds. The van der Waals surface area contributed by atoms with E-state index in [1.807, 2.05) is 24.4 Å². The van der Waals surface area contributed by atoms with Crippen molar-refractivity contribution in [2.24, 2.45) is 0 Å². The molecular weight excluding hydrogens is 328 g/mol. The average molecular weight is 346 g/mol. The molecular formula is C20H18N4O2. The lowest BCUT2D eigenvalue weighted by molar-refractivity contribution is 0.0526. The van der Waals surface area contributed by atoms with E-state index in [0.717, 1.165) is 16.5 Å². The zero-order valence-electron chi connectivity index (χ0n) is 14.5. The van der Waals surface area contributed by atoms with Crippen molar-refractivity contribution in [2.45, 2.75) is 32.2 Å². The highest BCUT2D eigenvalue weighted by atomic mass is 16.5. The Labute approximate surface area is 151 Å². The van der Waals surface area contributed by atoms with E-state index >= 15 is 0 Å². The number of hydrogen-bond donors (Lipinski definition) is 0. The molecule has 2 heterocycles. The van der Waals surface area contributed by atoms with Crippen molar-refractivity contribution >= 4 is 16.9 Å². The number of fused-ring (bicyclic) bond motifs is 1. The summed E-state index contributed by atoms with van der Waals surface area (Å²) < 4.78 is 6.58. The smallest absolute Gasteiger partial charge is 0.342 e. The Hall–Kier alpha value is -3.20. The molecule has 1 aromatic carbocycles. The molecule has 1 saturated carbocycles. The van der Waals surface area contributed by atoms with Crippen LogP contribution in [0.1, 0.15) is 52.9 Å². The van der Waals surface area contributed by atoms with Crippen LogP contribution in [0.15, 0.2) is 36.7 Å². The third-order valence-corrected chi connectivity index (χ3v) is 4.52. The number of rotatable bonds is 5. The molecule has 6 heteroatoms. The lowest BCUT2D eigenvalue weighted by atomic mass is 10.1. The zero-order chi connectivity index (χ0) is 18.1. The summed E-state index contributed by atoms with van der Waals surface area (Å²) in [5.41, 5.74) is 3.58. The zero-order valence-corrected chi connectivity index (χ0v) is 14.5. The molecule has 4 rings (SSSR count). The van der Waals surface area contributed by atoms with Crippen LogP contribution in [0.25, 0.3) is 10.9 Å². The van der Waals surface area contributed by atoms with Crippen molar-refractivity contribution in [3.8, 4) is 6.07 Å². The van der Waals surface area contributed by atoms with Crippen LogP contribution in [0.4, 0.5) is 0 Å². The molecule has 0 saturated heterocycles. The Balaban J connectivity index is 1.62. The summed E-state index contributed by atoms with van der Waals surface area (Å²) in [4.78, 5) is 16.5. The number of carbonyl (C=O) groups excluding carboxylic acids is 1. The molecule has 0 N–H and O–H groups in total. The molecule has 6 nitrogen and oxygen atoms in total. The summed E-state index contributed by atoms with van der Waals surface area (Å²) in [6.45, 7) is 2.46. The van der Waals surface area contributed by atoms with Gasteiger partial charge in [0.2, 0.25) is 0 Å². The van der Waals surface area contributed by atoms with Crippen molar-refractivity contribution in [3.63, 3.8) is 0 Å². The highest BCUT2D eigenvalue weighted by molar-refractivity contribution is 5.91. The van der Waals surface area contributed by atoms with E-state index in [2.05, 4.69) is 22.2 Å². The fourth-order valence-corrected chi connectivity index (χ4v) is 3.07. The Morgan fingerprint density at radius 2 is 2.23 bits per heavy atom. The van der Waals surface area contributed by atoms with Gasteiger partial charge in [-0.2, -0.15) is 10.4 Å². The molecule has 3 aromatic rings. The number of carbonyl (C=O) groups is 1. The van der Waals surface area contributed by atoms with Gasteiger partial charge in [-0.05, 0) is 55.0 Å². The van der Waals surface area contributed by atoms with E-state index < -0.39 is 5.97 Å². The van der Waals surface area contributed by atoms with Gasteiger partial charge in [-0.15, -0.1) is 0 Å². The summed E-state index contributed by atoms with van der Waals surface area (Å²) in [6, 6.07) is 10.2. The highest BCUT2D eigenvalue weighted by Crippen LogP contribution is 2.40. The topological polar surface area (TPSA) is 80.8 Å². The van der Waals surface area contributed by atoms with E-state index in [-0.39, 0.29) is 17.9 Å². The molecule has 2 aromatic heterocycles. The van der Waals surface area contributed by atoms with E-state index in [1.165, 1.54) is 18.4 Å². The molecule has 26 heavy (non-hydrogen) atoms. The number of benzene rings is 1. The second-order valence-corrected chi connectivity index (χ2v) is 6.49. The van der Waals surface area contributed by atoms with Crippen molar-refractivity contribution in [1.29, 1.82) is 5.26 Å². The van der Waals surface area contributed by atoms with Gasteiger partial charge in [0.1, 0.15) is 11.6 Å². The molecule has 0 radical (unpaired) electrons. The molecule has 1 fully saturated rings. The maximum Gasteiger partial charge on any atom is 0.342 e. The normalized spacial score (nSPS) is 13.5. The molecule has 0 atom stereocenters. The predicted molar refractivity (Wildman–Crippen MR) is 95.7 cm³/mol. The Bertz CT molecular complexity index is 1030. The van der Waals surface area contributed by atoms with Crippen molar-refractivity contribution in [3.05, 3.63) is 59.0 Å². The molecule has 1 aliphatic rings. The van der Waals surface area contributed by atoms with Crippen LogP contribution < -0.4 is 0 Å². The quantitative estimate of drug-likeness (QED) is 0.661. The minimum Gasteiger partial charge on any atom is -0.462 e. The fraction of sp³-hybridized carbons (Fsp3) is 0.300.